The second-order valence-corrected chi connectivity index (χ2v) is 7.93. The number of hydrogen-bond acceptors (Lipinski definition) is 7. The maximum Gasteiger partial charge on any atom is 0.305 e. The fourth-order valence-electron chi connectivity index (χ4n) is 2.84. The van der Waals surface area contributed by atoms with E-state index < -0.39 is 5.91 Å². The van der Waals surface area contributed by atoms with Crippen molar-refractivity contribution >= 4 is 29.4 Å². The van der Waals surface area contributed by atoms with Gasteiger partial charge in [-0.25, -0.2) is 0 Å². The van der Waals surface area contributed by atoms with Crippen LogP contribution in [0, 0.1) is 0 Å². The summed E-state index contributed by atoms with van der Waals surface area (Å²) in [6, 6.07) is 17.6. The molecule has 8 nitrogen and oxygen atoms in total. The second kappa shape index (κ2) is 11.8. The predicted molar refractivity (Wildman–Crippen MR) is 124 cm³/mol. The fraction of sp³-hybridized carbons (Fsp3) is 0.208. The minimum absolute atomic E-state index is 0.0444. The zero-order valence-electron chi connectivity index (χ0n) is 18.3. The molecule has 0 fully saturated rings. The van der Waals surface area contributed by atoms with Crippen LogP contribution in [0.25, 0.3) is 0 Å². The number of benzene rings is 2. The van der Waals surface area contributed by atoms with E-state index in [-0.39, 0.29) is 29.8 Å². The molecule has 2 N–H and O–H groups in total. The first-order chi connectivity index (χ1) is 16.0. The number of carbonyl (C=O) groups is 3. The Morgan fingerprint density at radius 2 is 1.79 bits per heavy atom. The third-order valence-corrected chi connectivity index (χ3v) is 5.48. The largest absolute Gasteiger partial charge is 0.496 e. The summed E-state index contributed by atoms with van der Waals surface area (Å²) in [7, 11) is 1.55. The molecule has 0 spiro atoms. The maximum atomic E-state index is 12.2. The summed E-state index contributed by atoms with van der Waals surface area (Å²) in [5, 5.41) is 0. The molecule has 0 saturated heterocycles. The summed E-state index contributed by atoms with van der Waals surface area (Å²) in [5.74, 6) is 1.44. The highest BCUT2D eigenvalue weighted by atomic mass is 32.2. The lowest BCUT2D eigenvalue weighted by Gasteiger charge is -2.10. The minimum atomic E-state index is -0.574. The lowest BCUT2D eigenvalue weighted by atomic mass is 10.1. The molecule has 1 aromatic heterocycles. The normalized spacial score (nSPS) is 10.4. The van der Waals surface area contributed by atoms with E-state index in [4.69, 9.17) is 13.9 Å². The molecule has 2 amide bonds. The highest BCUT2D eigenvalue weighted by Crippen LogP contribution is 2.24. The number of methoxy groups -OCH3 is 1. The van der Waals surface area contributed by atoms with Gasteiger partial charge in [-0.1, -0.05) is 18.2 Å². The van der Waals surface area contributed by atoms with Gasteiger partial charge in [0, 0.05) is 16.9 Å². The molecule has 3 rings (SSSR count). The van der Waals surface area contributed by atoms with Crippen LogP contribution in [0.15, 0.2) is 65.1 Å². The molecule has 0 radical (unpaired) electrons. The highest BCUT2D eigenvalue weighted by molar-refractivity contribution is 7.99. The van der Waals surface area contributed by atoms with Crippen molar-refractivity contribution in [3.63, 3.8) is 0 Å². The van der Waals surface area contributed by atoms with Crippen LogP contribution in [0.2, 0.25) is 0 Å². The number of ether oxygens (including phenoxy) is 2. The molecule has 172 valence electrons. The van der Waals surface area contributed by atoms with Gasteiger partial charge in [-0.15, -0.1) is 11.8 Å². The van der Waals surface area contributed by atoms with Crippen molar-refractivity contribution in [2.24, 2.45) is 0 Å². The van der Waals surface area contributed by atoms with E-state index in [1.54, 1.807) is 31.4 Å². The lowest BCUT2D eigenvalue weighted by Crippen LogP contribution is -2.42. The first-order valence-electron chi connectivity index (χ1n) is 10.1. The second-order valence-electron chi connectivity index (χ2n) is 6.95. The van der Waals surface area contributed by atoms with Gasteiger partial charge >= 0.3 is 5.91 Å². The Kier molecular flexibility index (Phi) is 8.54. The molecule has 0 atom stereocenters. The van der Waals surface area contributed by atoms with Gasteiger partial charge in [0.1, 0.15) is 23.9 Å². The summed E-state index contributed by atoms with van der Waals surface area (Å²) in [4.78, 5) is 35.9. The monoisotopic (exact) mass is 468 g/mol. The molecule has 2 aromatic carbocycles. The molecule has 0 saturated carbocycles. The zero-order valence-corrected chi connectivity index (χ0v) is 19.1. The van der Waals surface area contributed by atoms with E-state index in [0.29, 0.717) is 28.6 Å². The fourth-order valence-corrected chi connectivity index (χ4v) is 3.64. The summed E-state index contributed by atoms with van der Waals surface area (Å²) >= 11 is 1.33. The molecule has 33 heavy (non-hydrogen) atoms. The van der Waals surface area contributed by atoms with E-state index in [1.165, 1.54) is 24.8 Å². The van der Waals surface area contributed by atoms with Gasteiger partial charge in [0.05, 0.1) is 12.9 Å². The quantitative estimate of drug-likeness (QED) is 0.345. The van der Waals surface area contributed by atoms with Crippen LogP contribution in [0.4, 0.5) is 0 Å². The Bertz CT molecular complexity index is 1110. The average molecular weight is 469 g/mol. The molecule has 0 bridgehead atoms. The number of nitrogens with one attached hydrogen (secondary N) is 2. The van der Waals surface area contributed by atoms with Crippen LogP contribution in [0.5, 0.6) is 11.5 Å². The maximum absolute atomic E-state index is 12.2. The Hall–Kier alpha value is -3.72. The van der Waals surface area contributed by atoms with Crippen molar-refractivity contribution < 1.29 is 28.3 Å². The van der Waals surface area contributed by atoms with Crippen molar-refractivity contribution in [3.8, 4) is 11.5 Å². The summed E-state index contributed by atoms with van der Waals surface area (Å²) in [6.45, 7) is 1.67. The van der Waals surface area contributed by atoms with Gasteiger partial charge in [0.25, 0.3) is 0 Å². The Labute approximate surface area is 195 Å². The molecule has 3 aromatic rings. The van der Waals surface area contributed by atoms with E-state index in [0.717, 1.165) is 5.56 Å². The number of ketones is 1. The van der Waals surface area contributed by atoms with Gasteiger partial charge in [-0.05, 0) is 49.4 Å². The van der Waals surface area contributed by atoms with Crippen molar-refractivity contribution in [1.29, 1.82) is 0 Å². The van der Waals surface area contributed by atoms with E-state index in [1.807, 2.05) is 30.3 Å². The number of hydrogen-bond donors (Lipinski definition) is 2. The number of furan rings is 1. The Balaban J connectivity index is 1.42. The van der Waals surface area contributed by atoms with Crippen LogP contribution < -0.4 is 20.3 Å². The topological polar surface area (TPSA) is 107 Å². The number of amides is 2. The summed E-state index contributed by atoms with van der Waals surface area (Å²) < 4.78 is 16.3. The molecule has 0 aliphatic carbocycles. The van der Waals surface area contributed by atoms with E-state index in [2.05, 4.69) is 10.9 Å². The van der Waals surface area contributed by atoms with Crippen molar-refractivity contribution in [3.05, 3.63) is 83.3 Å². The average Bonchev–Trinajstić information content (AvgIpc) is 3.31. The summed E-state index contributed by atoms with van der Waals surface area (Å²) in [6.07, 6.45) is 0. The molecule has 0 aliphatic rings. The standard InChI is InChI=1S/C24H24N2O6S/c1-16(27)17-8-10-21(30-2)18(12-17)14-33-15-23(28)25-26-24(29)22-11-9-20(32-22)13-31-19-6-4-3-5-7-19/h3-12H,13-15H2,1-2H3,(H,25,28)(H,26,29). The number of hydrazine groups is 1. The van der Waals surface area contributed by atoms with E-state index in [9.17, 15) is 14.4 Å². The third kappa shape index (κ3) is 7.15. The van der Waals surface area contributed by atoms with Gasteiger partial charge in [-0.3, -0.25) is 25.2 Å². The number of carbonyl (C=O) groups excluding carboxylic acids is 3. The van der Waals surface area contributed by atoms with Crippen molar-refractivity contribution in [2.45, 2.75) is 19.3 Å². The van der Waals surface area contributed by atoms with Crippen LogP contribution in [-0.4, -0.2) is 30.5 Å². The Morgan fingerprint density at radius 1 is 1.00 bits per heavy atom. The number of Topliss-reactive ketones (excluding diaryl/α,β-unsaturated/α-hetero) is 1. The number of para-hydroxylation sites is 1. The highest BCUT2D eigenvalue weighted by Gasteiger charge is 2.13. The van der Waals surface area contributed by atoms with Gasteiger partial charge in [0.2, 0.25) is 5.91 Å². The first-order valence-corrected chi connectivity index (χ1v) is 11.2. The van der Waals surface area contributed by atoms with Crippen LogP contribution in [0.1, 0.15) is 39.2 Å². The number of rotatable bonds is 10. The van der Waals surface area contributed by atoms with E-state index >= 15 is 0 Å². The molecule has 9 heteroatoms. The molecular weight excluding hydrogens is 444 g/mol. The van der Waals surface area contributed by atoms with Crippen molar-refractivity contribution in [1.82, 2.24) is 10.9 Å². The zero-order chi connectivity index (χ0) is 23.6. The SMILES string of the molecule is COc1ccc(C(C)=O)cc1CSCC(=O)NNC(=O)c1ccc(COc2ccccc2)o1. The van der Waals surface area contributed by atoms with Crippen LogP contribution >= 0.6 is 11.8 Å². The molecule has 0 aliphatic heterocycles. The van der Waals surface area contributed by atoms with Gasteiger partial charge in [-0.2, -0.15) is 0 Å². The van der Waals surface area contributed by atoms with Gasteiger partial charge < -0.3 is 13.9 Å². The van der Waals surface area contributed by atoms with Crippen LogP contribution in [-0.2, 0) is 17.2 Å². The van der Waals surface area contributed by atoms with Gasteiger partial charge in [0.15, 0.2) is 11.5 Å². The molecule has 1 heterocycles. The van der Waals surface area contributed by atoms with Crippen molar-refractivity contribution in [2.75, 3.05) is 12.9 Å². The first kappa shape index (κ1) is 23.9. The lowest BCUT2D eigenvalue weighted by molar-refractivity contribution is -0.119. The minimum Gasteiger partial charge on any atom is -0.496 e. The smallest absolute Gasteiger partial charge is 0.305 e. The molecule has 0 unspecified atom stereocenters. The molecular formula is C24H24N2O6S. The third-order valence-electron chi connectivity index (χ3n) is 4.50. The van der Waals surface area contributed by atoms with Crippen LogP contribution in [0.3, 0.4) is 0 Å². The predicted octanol–water partition coefficient (Wildman–Crippen LogP) is 3.76. The summed E-state index contributed by atoms with van der Waals surface area (Å²) in [5.41, 5.74) is 6.07. The Morgan fingerprint density at radius 3 is 2.52 bits per heavy atom. The number of thioether (sulfide) groups is 1.